The number of nitrogens with two attached hydrogens (primary N) is 1. The molecule has 4 aliphatic heterocycles. The number of nitrogen functional groups attached to an aromatic ring is 1. The van der Waals surface area contributed by atoms with Crippen LogP contribution in [0.5, 0.6) is 0 Å². The van der Waals surface area contributed by atoms with Gasteiger partial charge in [0.2, 0.25) is 0 Å². The zero-order valence-electron chi connectivity index (χ0n) is 77.5. The molecule has 16 aromatic rings. The van der Waals surface area contributed by atoms with E-state index < -0.39 is 52.8 Å². The average molecular weight is 1980 g/mol. The molecule has 142 heavy (non-hydrogen) atoms. The first-order chi connectivity index (χ1) is 68.0. The highest BCUT2D eigenvalue weighted by atomic mass is 32.2. The van der Waals surface area contributed by atoms with Crippen LogP contribution in [0.2, 0.25) is 0 Å². The van der Waals surface area contributed by atoms with Crippen molar-refractivity contribution in [1.82, 2.24) is 95.4 Å². The Labute approximate surface area is 814 Å². The van der Waals surface area contributed by atoms with Gasteiger partial charge in [0.25, 0.3) is 35.5 Å². The highest BCUT2D eigenvalue weighted by Crippen LogP contribution is 2.37. The van der Waals surface area contributed by atoms with Crippen LogP contribution in [-0.4, -0.2) is 243 Å². The first kappa shape index (κ1) is 98.1. The summed E-state index contributed by atoms with van der Waals surface area (Å²) in [6.07, 6.45) is 28.0. The normalized spacial score (nSPS) is 16.2. The summed E-state index contributed by atoms with van der Waals surface area (Å²) in [7, 11) is -7.36. The van der Waals surface area contributed by atoms with Crippen molar-refractivity contribution in [3.63, 3.8) is 0 Å². The summed E-state index contributed by atoms with van der Waals surface area (Å²) in [6.45, 7) is 6.40. The van der Waals surface area contributed by atoms with Crippen molar-refractivity contribution in [3.8, 4) is 44.5 Å². The van der Waals surface area contributed by atoms with E-state index in [2.05, 4.69) is 156 Å². The minimum atomic E-state index is -2.64. The Kier molecular flexibility index (Phi) is 29.2. The monoisotopic (exact) mass is 1980 g/mol. The van der Waals surface area contributed by atoms with E-state index in [0.29, 0.717) is 106 Å². The third-order valence-corrected chi connectivity index (χ3v) is 25.6. The van der Waals surface area contributed by atoms with Crippen LogP contribution in [0.15, 0.2) is 220 Å². The molecule has 0 radical (unpaired) electrons. The molecule has 4 aromatic carbocycles. The fourth-order valence-corrected chi connectivity index (χ4v) is 18.4. The van der Waals surface area contributed by atoms with Crippen molar-refractivity contribution in [3.05, 3.63) is 259 Å². The zero-order valence-corrected chi connectivity index (χ0v) is 79.9. The van der Waals surface area contributed by atoms with Crippen molar-refractivity contribution in [2.24, 2.45) is 0 Å². The van der Waals surface area contributed by atoms with Crippen molar-refractivity contribution < 1.29 is 54.5 Å². The number of fused-ring (bicyclic) bond motifs is 4. The minimum absolute atomic E-state index is 0.129. The fraction of sp³-hybridized carbons (Fsp3) is 0.242. The van der Waals surface area contributed by atoms with Gasteiger partial charge in [0.15, 0.2) is 22.8 Å². The molecule has 0 aliphatic carbocycles. The Balaban J connectivity index is 0.000000130. The maximum atomic E-state index is 13.6. The van der Waals surface area contributed by atoms with Gasteiger partial charge in [0.1, 0.15) is 23.3 Å². The van der Waals surface area contributed by atoms with E-state index >= 15 is 0 Å². The molecule has 0 saturated carbocycles. The fourth-order valence-electron chi connectivity index (χ4n) is 16.7. The van der Waals surface area contributed by atoms with Gasteiger partial charge in [-0.2, -0.15) is 20.4 Å². The second-order valence-corrected chi connectivity index (χ2v) is 42.2. The number of carbonyl (C=O) groups is 4. The van der Waals surface area contributed by atoms with Gasteiger partial charge in [-0.05, 0) is 204 Å². The second kappa shape index (κ2) is 42.3. The molecule has 43 heteroatoms. The molecule has 20 rings (SSSR count). The number of benzene rings is 4. The van der Waals surface area contributed by atoms with Crippen LogP contribution >= 0.6 is 0 Å². The van der Waals surface area contributed by atoms with Crippen molar-refractivity contribution >= 4 is 166 Å². The molecule has 0 bridgehead atoms. The number of aromatic amines is 4. The molecule has 3 atom stereocenters. The van der Waals surface area contributed by atoms with E-state index in [4.69, 9.17) is 5.73 Å². The quantitative estimate of drug-likeness (QED) is 0.0187. The lowest BCUT2D eigenvalue weighted by Gasteiger charge is -2.31. The number of amides is 4. The zero-order chi connectivity index (χ0) is 99.6. The van der Waals surface area contributed by atoms with Gasteiger partial charge >= 0.3 is 0 Å². The largest absolute Gasteiger partial charge is 0.393 e. The van der Waals surface area contributed by atoms with Gasteiger partial charge in [-0.25, -0.2) is 50.1 Å². The molecule has 14 N–H and O–H groups in total. The number of anilines is 9. The molecule has 4 fully saturated rings. The molecule has 4 saturated heterocycles. The summed E-state index contributed by atoms with van der Waals surface area (Å²) in [4.78, 5) is 94.2. The average Bonchev–Trinajstić information content (AvgIpc) is 1.64. The third kappa shape index (κ3) is 25.7. The Morgan fingerprint density at radius 3 is 1.03 bits per heavy atom. The molecule has 36 nitrogen and oxygen atoms in total. The van der Waals surface area contributed by atoms with Crippen LogP contribution in [0.1, 0.15) is 104 Å². The Bertz CT molecular complexity index is 7690. The lowest BCUT2D eigenvalue weighted by atomic mass is 10.0. The third-order valence-electron chi connectivity index (χ3n) is 23.7. The van der Waals surface area contributed by atoms with Crippen LogP contribution in [-0.2, 0) is 48.8 Å². The predicted octanol–water partition coefficient (Wildman–Crippen LogP) is 14.3. The van der Waals surface area contributed by atoms with E-state index in [1.807, 2.05) is 115 Å². The second-order valence-electron chi connectivity index (χ2n) is 35.6. The number of H-pyrrole nitrogens is 4. The molecule has 3 unspecified atom stereocenters. The van der Waals surface area contributed by atoms with E-state index in [9.17, 15) is 54.5 Å². The number of likely N-dealkylation sites (tertiary alicyclic amines) is 3. The van der Waals surface area contributed by atoms with Gasteiger partial charge in [0.05, 0.1) is 94.1 Å². The van der Waals surface area contributed by atoms with Crippen molar-refractivity contribution in [2.75, 3.05) is 117 Å². The molecule has 4 amide bonds. The molecular formula is C99H102F4N28O8S3. The lowest BCUT2D eigenvalue weighted by Crippen LogP contribution is -2.38. The first-order valence-corrected chi connectivity index (χ1v) is 51.6. The number of alkyl halides is 4. The lowest BCUT2D eigenvalue weighted by molar-refractivity contribution is -0.0566. The number of nitrogens with one attached hydrogen (secondary N) is 11. The maximum Gasteiger partial charge on any atom is 0.276 e. The van der Waals surface area contributed by atoms with Gasteiger partial charge in [-0.1, -0.05) is 24.3 Å². The SMILES string of the molecule is C=S(C)(=O)Nc1ccc(NC(=O)c2n[nH]c3ccc(-c4cncc(CN5CCC(F)(F)C5)c4)cc23)cn1.C=S(C)(=O)Nc1ccc(NC(=O)c2n[nH]c3ccc(-c4cncc(CN5CCC(F)(F)CC5)c4)cc23)cn1.C=S(C)(=O)Nc1ccc(NC(=O)c2n[nH]c3ccc(-c4cncc(N5CCCC5)c4)cc23)cn1.Nc1ccc(NC(=O)c2n[nH]c3ccc(-c4cncc(CN5CCC(O)CC5)c4)cc23)cn1. The highest BCUT2D eigenvalue weighted by Gasteiger charge is 2.38. The van der Waals surface area contributed by atoms with Gasteiger partial charge in [-0.15, -0.1) is 0 Å². The number of halogens is 4. The molecular weight excluding hydrogens is 1880 g/mol. The van der Waals surface area contributed by atoms with E-state index in [1.54, 1.807) is 78.2 Å². The van der Waals surface area contributed by atoms with Gasteiger partial charge in [0, 0.05) is 220 Å². The Morgan fingerprint density at radius 1 is 0.387 bits per heavy atom. The number of aliphatic hydroxyl groups is 1. The van der Waals surface area contributed by atoms with Crippen LogP contribution in [0.4, 0.5) is 69.3 Å². The number of pyridine rings is 8. The number of nitrogens with zero attached hydrogens (tertiary/aromatic N) is 16. The summed E-state index contributed by atoms with van der Waals surface area (Å²) in [6, 6.07) is 44.2. The predicted molar refractivity (Wildman–Crippen MR) is 551 cm³/mol. The molecule has 16 heterocycles. The summed E-state index contributed by atoms with van der Waals surface area (Å²) >= 11 is 0. The van der Waals surface area contributed by atoms with Crippen LogP contribution < -0.4 is 46.1 Å². The van der Waals surface area contributed by atoms with E-state index in [-0.39, 0.29) is 60.8 Å². The van der Waals surface area contributed by atoms with E-state index in [0.717, 1.165) is 134 Å². The number of carbonyl (C=O) groups excluding carboxylic acids is 4. The number of hydrogen-bond donors (Lipinski definition) is 13. The van der Waals surface area contributed by atoms with Crippen LogP contribution in [0, 0.1) is 0 Å². The number of rotatable bonds is 25. The summed E-state index contributed by atoms with van der Waals surface area (Å²) in [5.41, 5.74) is 22.7. The number of aliphatic hydroxyl groups excluding tert-OH is 1. The molecule has 12 aromatic heterocycles. The number of aromatic nitrogens is 16. The molecule has 4 aliphatic rings. The van der Waals surface area contributed by atoms with E-state index in [1.165, 1.54) is 56.4 Å². The standard InChI is InChI=1S/C26H27F2N7O2S.C25H25F2N7O2S.C24H25N7O2S.C24H25N7O2/c1-38(2,37)34-23-6-4-20(15-30-23)31-25(36)24-21-12-18(3-5-22(21)32-33-24)19-11-17(13-29-14-19)16-35-9-7-26(27,28)8-10-35;1-37(2,36)33-22-6-4-19(13-29-22)30-24(35)23-20-10-17(3-5-21(20)31-32-23)18-9-16(11-28-12-18)14-34-8-7-25(26,27)15-34;1-34(2,33)30-22-8-6-18(14-26-22)27-24(32)23-20-12-16(5-7-21(20)28-29-23)17-11-19(15-25-13-17)31-9-3-4-10-31;25-22-4-2-18(13-27-22)28-24(33)23-20-10-16(1-3-21(20)29-30-23)17-9-15(11-26-12-17)14-31-7-5-19(32)6-8-31/h3-6,11-15H,1,7-10,16H2,2H3,(H,31,36)(H,32,33)(H,30,34,37);3-6,9-13H,1,7-8,14-15H2,2H3,(H,30,35)(H,31,32)(H,29,33,36);5-8,11-15H,1,3-4,9-10H2,2H3,(H,27,32)(H,28,29)(H,26,30,33);1-4,9-13,19,32H,5-8,14H2,(H2,25,27)(H,28,33)(H,29,30). The van der Waals surface area contributed by atoms with Crippen molar-refractivity contribution in [2.45, 2.75) is 82.5 Å². The summed E-state index contributed by atoms with van der Waals surface area (Å²) in [5, 5.41) is 52.0. The van der Waals surface area contributed by atoms with Crippen LogP contribution in [0.3, 0.4) is 0 Å². The van der Waals surface area contributed by atoms with Crippen molar-refractivity contribution in [1.29, 1.82) is 0 Å². The molecule has 0 spiro atoms. The molecule has 732 valence electrons. The number of hydrogen-bond acceptors (Lipinski definition) is 25. The summed E-state index contributed by atoms with van der Waals surface area (Å²) in [5.74, 6) is 5.41. The Morgan fingerprint density at radius 2 is 0.704 bits per heavy atom. The number of piperidine rings is 2. The van der Waals surface area contributed by atoms with Gasteiger partial charge < -0.3 is 37.0 Å². The minimum Gasteiger partial charge on any atom is -0.393 e. The summed E-state index contributed by atoms with van der Waals surface area (Å²) < 4.78 is 97.5. The first-order valence-electron chi connectivity index (χ1n) is 45.2. The van der Waals surface area contributed by atoms with Gasteiger partial charge in [-0.3, -0.25) is 88.4 Å². The maximum absolute atomic E-state index is 13.6. The van der Waals surface area contributed by atoms with Crippen LogP contribution in [0.25, 0.3) is 88.1 Å². The Hall–Kier alpha value is -15.5. The highest BCUT2D eigenvalue weighted by molar-refractivity contribution is 8.01. The smallest absolute Gasteiger partial charge is 0.276 e. The topological polar surface area (TPSA) is 481 Å².